The highest BCUT2D eigenvalue weighted by Crippen LogP contribution is 2.26. The molecule has 1 aromatic rings. The zero-order valence-electron chi connectivity index (χ0n) is 10.4. The zero-order chi connectivity index (χ0) is 12.4. The van der Waals surface area contributed by atoms with Crippen LogP contribution in [0.25, 0.3) is 0 Å². The van der Waals surface area contributed by atoms with Gasteiger partial charge in [-0.3, -0.25) is 4.79 Å². The van der Waals surface area contributed by atoms with E-state index < -0.39 is 0 Å². The van der Waals surface area contributed by atoms with E-state index >= 15 is 0 Å². The van der Waals surface area contributed by atoms with Gasteiger partial charge < -0.3 is 10.2 Å². The van der Waals surface area contributed by atoms with Crippen LogP contribution in [0.3, 0.4) is 0 Å². The van der Waals surface area contributed by atoms with Crippen molar-refractivity contribution in [2.45, 2.75) is 12.8 Å². The third kappa shape index (κ3) is 2.21. The molecule has 96 valence electrons. The maximum absolute atomic E-state index is 12.6. The fraction of sp³-hybridized carbons (Fsp3) is 0.500. The van der Waals surface area contributed by atoms with Crippen molar-refractivity contribution in [2.75, 3.05) is 36.5 Å². The van der Waals surface area contributed by atoms with Gasteiger partial charge in [0, 0.05) is 42.4 Å². The van der Waals surface area contributed by atoms with Crippen LogP contribution >= 0.6 is 11.8 Å². The molecule has 0 radical (unpaired) electrons. The van der Waals surface area contributed by atoms with Crippen LogP contribution in [0.2, 0.25) is 0 Å². The molecule has 18 heavy (non-hydrogen) atoms. The van der Waals surface area contributed by atoms with Gasteiger partial charge in [0.2, 0.25) is 0 Å². The maximum atomic E-state index is 12.6. The van der Waals surface area contributed by atoms with Gasteiger partial charge in [0.25, 0.3) is 5.91 Å². The summed E-state index contributed by atoms with van der Waals surface area (Å²) >= 11 is 1.93. The van der Waals surface area contributed by atoms with Crippen LogP contribution in [0.4, 0.5) is 5.69 Å². The van der Waals surface area contributed by atoms with E-state index in [2.05, 4.69) is 11.4 Å². The summed E-state index contributed by atoms with van der Waals surface area (Å²) in [6.45, 7) is 2.80. The van der Waals surface area contributed by atoms with Gasteiger partial charge in [0.05, 0.1) is 0 Å². The fourth-order valence-corrected chi connectivity index (χ4v) is 3.55. The van der Waals surface area contributed by atoms with Crippen LogP contribution in [0, 0.1) is 0 Å². The van der Waals surface area contributed by atoms with E-state index in [9.17, 15) is 4.79 Å². The molecule has 1 fully saturated rings. The number of anilines is 1. The van der Waals surface area contributed by atoms with Crippen molar-refractivity contribution in [1.29, 1.82) is 0 Å². The highest BCUT2D eigenvalue weighted by atomic mass is 32.2. The topological polar surface area (TPSA) is 32.3 Å². The minimum atomic E-state index is 0.218. The molecule has 1 aromatic carbocycles. The molecule has 1 saturated heterocycles. The number of nitrogens with zero attached hydrogens (tertiary/aromatic N) is 1. The molecular formula is C14H18N2OS. The van der Waals surface area contributed by atoms with Crippen molar-refractivity contribution in [3.8, 4) is 0 Å². The molecular weight excluding hydrogens is 244 g/mol. The van der Waals surface area contributed by atoms with Crippen molar-refractivity contribution in [1.82, 2.24) is 4.90 Å². The van der Waals surface area contributed by atoms with Crippen LogP contribution in [0.1, 0.15) is 22.3 Å². The molecule has 1 N–H and O–H groups in total. The number of hydrogen-bond acceptors (Lipinski definition) is 3. The average Bonchev–Trinajstić information content (AvgIpc) is 2.47. The number of nitrogens with one attached hydrogen (secondary N) is 1. The van der Waals surface area contributed by atoms with Gasteiger partial charge in [-0.05, 0) is 30.5 Å². The largest absolute Gasteiger partial charge is 0.385 e. The van der Waals surface area contributed by atoms with E-state index in [1.807, 2.05) is 28.8 Å². The van der Waals surface area contributed by atoms with E-state index in [0.29, 0.717) is 0 Å². The molecule has 0 aliphatic carbocycles. The lowest BCUT2D eigenvalue weighted by Crippen LogP contribution is -2.38. The van der Waals surface area contributed by atoms with Gasteiger partial charge >= 0.3 is 0 Å². The summed E-state index contributed by atoms with van der Waals surface area (Å²) in [6, 6.07) is 6.05. The second-order valence-electron chi connectivity index (χ2n) is 4.77. The molecule has 0 bridgehead atoms. The maximum Gasteiger partial charge on any atom is 0.254 e. The average molecular weight is 262 g/mol. The highest BCUT2D eigenvalue weighted by Gasteiger charge is 2.23. The minimum Gasteiger partial charge on any atom is -0.385 e. The number of amides is 1. The summed E-state index contributed by atoms with van der Waals surface area (Å²) in [5, 5.41) is 3.39. The molecule has 0 saturated carbocycles. The van der Waals surface area contributed by atoms with Crippen molar-refractivity contribution in [3.05, 3.63) is 29.3 Å². The molecule has 4 heteroatoms. The number of thioether (sulfide) groups is 1. The first kappa shape index (κ1) is 11.9. The number of rotatable bonds is 1. The first-order chi connectivity index (χ1) is 8.86. The molecule has 0 unspecified atom stereocenters. The Morgan fingerprint density at radius 3 is 2.94 bits per heavy atom. The Bertz CT molecular complexity index is 455. The Hall–Kier alpha value is -1.16. The first-order valence-corrected chi connectivity index (χ1v) is 7.74. The van der Waals surface area contributed by atoms with Crippen molar-refractivity contribution < 1.29 is 4.79 Å². The molecule has 3 nitrogen and oxygen atoms in total. The number of benzene rings is 1. The minimum absolute atomic E-state index is 0.218. The van der Waals surface area contributed by atoms with Crippen LogP contribution in [0.15, 0.2) is 18.2 Å². The molecule has 0 aromatic heterocycles. The quantitative estimate of drug-likeness (QED) is 0.842. The van der Waals surface area contributed by atoms with Gasteiger partial charge in [-0.15, -0.1) is 0 Å². The van der Waals surface area contributed by atoms with Crippen LogP contribution in [0.5, 0.6) is 0 Å². The van der Waals surface area contributed by atoms with Gasteiger partial charge in [-0.1, -0.05) is 6.07 Å². The lowest BCUT2D eigenvalue weighted by atomic mass is 9.97. The predicted octanol–water partition coefficient (Wildman–Crippen LogP) is 2.23. The molecule has 1 amide bonds. The number of fused-ring (bicyclic) bond motifs is 1. The van der Waals surface area contributed by atoms with E-state index in [1.165, 1.54) is 5.56 Å². The van der Waals surface area contributed by atoms with Crippen molar-refractivity contribution in [3.63, 3.8) is 0 Å². The zero-order valence-corrected chi connectivity index (χ0v) is 11.3. The smallest absolute Gasteiger partial charge is 0.254 e. The van der Waals surface area contributed by atoms with Gasteiger partial charge in [0.15, 0.2) is 0 Å². The van der Waals surface area contributed by atoms with E-state index in [4.69, 9.17) is 0 Å². The highest BCUT2D eigenvalue weighted by molar-refractivity contribution is 7.99. The van der Waals surface area contributed by atoms with Crippen molar-refractivity contribution in [2.24, 2.45) is 0 Å². The summed E-state index contributed by atoms with van der Waals surface area (Å²) in [5.74, 6) is 2.36. The number of carbonyl (C=O) groups is 1. The molecule has 3 rings (SSSR count). The third-order valence-corrected chi connectivity index (χ3v) is 4.57. The summed E-state index contributed by atoms with van der Waals surface area (Å²) in [5.41, 5.74) is 3.28. The second kappa shape index (κ2) is 5.22. The summed E-state index contributed by atoms with van der Waals surface area (Å²) in [4.78, 5) is 14.6. The molecule has 2 aliphatic rings. The number of hydrogen-bond donors (Lipinski definition) is 1. The summed E-state index contributed by atoms with van der Waals surface area (Å²) < 4.78 is 0. The van der Waals surface area contributed by atoms with Crippen LogP contribution in [-0.4, -0.2) is 41.9 Å². The molecule has 0 spiro atoms. The second-order valence-corrected chi connectivity index (χ2v) is 5.99. The summed E-state index contributed by atoms with van der Waals surface area (Å²) in [6.07, 6.45) is 2.14. The Morgan fingerprint density at radius 1 is 1.28 bits per heavy atom. The third-order valence-electron chi connectivity index (χ3n) is 3.62. The van der Waals surface area contributed by atoms with Gasteiger partial charge in [0.1, 0.15) is 0 Å². The van der Waals surface area contributed by atoms with E-state index in [0.717, 1.165) is 55.2 Å². The lowest BCUT2D eigenvalue weighted by molar-refractivity contribution is 0.0771. The Balaban J connectivity index is 1.89. The van der Waals surface area contributed by atoms with E-state index in [1.54, 1.807) is 0 Å². The molecule has 2 heterocycles. The lowest BCUT2D eigenvalue weighted by Gasteiger charge is -2.28. The van der Waals surface area contributed by atoms with Gasteiger partial charge in [-0.25, -0.2) is 0 Å². The monoisotopic (exact) mass is 262 g/mol. The normalized spacial score (nSPS) is 19.0. The van der Waals surface area contributed by atoms with E-state index in [-0.39, 0.29) is 5.91 Å². The Kier molecular flexibility index (Phi) is 3.46. The van der Waals surface area contributed by atoms with Crippen molar-refractivity contribution >= 4 is 23.4 Å². The molecule has 0 atom stereocenters. The fourth-order valence-electron chi connectivity index (χ4n) is 2.65. The number of carbonyl (C=O) groups excluding carboxylic acids is 1. The van der Waals surface area contributed by atoms with Crippen LogP contribution < -0.4 is 5.32 Å². The predicted molar refractivity (Wildman–Crippen MR) is 76.5 cm³/mol. The van der Waals surface area contributed by atoms with Crippen LogP contribution in [-0.2, 0) is 6.42 Å². The standard InChI is InChI=1S/C14H18N2OS/c17-14(16-7-9-18-10-8-16)12-3-1-5-13-11(12)4-2-6-15-13/h1,3,5,15H,2,4,6-10H2. The summed E-state index contributed by atoms with van der Waals surface area (Å²) in [7, 11) is 0. The Labute approximate surface area is 112 Å². The first-order valence-electron chi connectivity index (χ1n) is 6.59. The molecule has 2 aliphatic heterocycles. The SMILES string of the molecule is O=C(c1cccc2c1CCCN2)N1CCSCC1. The van der Waals surface area contributed by atoms with Gasteiger partial charge in [-0.2, -0.15) is 11.8 Å². The Morgan fingerprint density at radius 2 is 2.11 bits per heavy atom.